The summed E-state index contributed by atoms with van der Waals surface area (Å²) in [6, 6.07) is 1.85. The average molecular weight is 180 g/mol. The van der Waals surface area contributed by atoms with Crippen LogP contribution in [-0.4, -0.2) is 11.1 Å². The van der Waals surface area contributed by atoms with Crippen LogP contribution in [0.25, 0.3) is 0 Å². The van der Waals surface area contributed by atoms with Crippen molar-refractivity contribution in [3.05, 3.63) is 36.3 Å². The topological polar surface area (TPSA) is 50.4 Å². The molecule has 0 aliphatic rings. The van der Waals surface area contributed by atoms with Gasteiger partial charge in [0.2, 0.25) is 0 Å². The Morgan fingerprint density at radius 1 is 1.54 bits per heavy atom. The minimum atomic E-state index is -0.784. The largest absolute Gasteiger partial charge is 0.481 e. The van der Waals surface area contributed by atoms with E-state index in [0.29, 0.717) is 12.8 Å². The lowest BCUT2D eigenvalue weighted by molar-refractivity contribution is -0.136. The van der Waals surface area contributed by atoms with Crippen LogP contribution in [0.4, 0.5) is 0 Å². The molecule has 1 aromatic heterocycles. The molecule has 0 saturated heterocycles. The number of carboxylic acids is 1. The second-order valence-corrected chi connectivity index (χ2v) is 2.95. The predicted octanol–water partition coefficient (Wildman–Crippen LogP) is 2.24. The number of hydrogen-bond donors (Lipinski definition) is 1. The fourth-order valence-electron chi connectivity index (χ4n) is 1.05. The van der Waals surface area contributed by atoms with Gasteiger partial charge in [0.15, 0.2) is 0 Å². The molecule has 0 aromatic carbocycles. The summed E-state index contributed by atoms with van der Waals surface area (Å²) in [5.74, 6) is -0.784. The molecule has 1 N–H and O–H groups in total. The zero-order valence-corrected chi connectivity index (χ0v) is 7.32. The maximum absolute atomic E-state index is 10.2. The van der Waals surface area contributed by atoms with Crippen LogP contribution in [0.5, 0.6) is 0 Å². The van der Waals surface area contributed by atoms with Gasteiger partial charge in [-0.2, -0.15) is 0 Å². The van der Waals surface area contributed by atoms with Gasteiger partial charge in [-0.1, -0.05) is 12.2 Å². The van der Waals surface area contributed by atoms with Gasteiger partial charge in [-0.25, -0.2) is 0 Å². The summed E-state index contributed by atoms with van der Waals surface area (Å²) in [5, 5.41) is 8.43. The van der Waals surface area contributed by atoms with Gasteiger partial charge in [-0.05, 0) is 24.5 Å². The fourth-order valence-corrected chi connectivity index (χ4v) is 1.05. The molecule has 3 nitrogen and oxygen atoms in total. The van der Waals surface area contributed by atoms with E-state index in [0.717, 1.165) is 11.1 Å². The fraction of sp³-hybridized carbons (Fsp3) is 0.300. The highest BCUT2D eigenvalue weighted by molar-refractivity contribution is 5.67. The standard InChI is InChI=1S/C10H12O3/c1-8(2-3-10(11)12)6-9-4-5-13-7-9/h4-5,7H,1-3,6H2,(H,11,12). The van der Waals surface area contributed by atoms with Gasteiger partial charge in [0.1, 0.15) is 0 Å². The summed E-state index contributed by atoms with van der Waals surface area (Å²) >= 11 is 0. The smallest absolute Gasteiger partial charge is 0.303 e. The lowest BCUT2D eigenvalue weighted by Crippen LogP contribution is -1.96. The Bertz CT molecular complexity index is 285. The third-order valence-electron chi connectivity index (χ3n) is 1.73. The molecule has 1 heterocycles. The van der Waals surface area contributed by atoms with Crippen molar-refractivity contribution in [2.75, 3.05) is 0 Å². The summed E-state index contributed by atoms with van der Waals surface area (Å²) in [5.41, 5.74) is 1.96. The van der Waals surface area contributed by atoms with E-state index in [4.69, 9.17) is 9.52 Å². The summed E-state index contributed by atoms with van der Waals surface area (Å²) < 4.78 is 4.88. The highest BCUT2D eigenvalue weighted by atomic mass is 16.4. The van der Waals surface area contributed by atoms with Crippen LogP contribution >= 0.6 is 0 Å². The molecule has 1 rings (SSSR count). The SMILES string of the molecule is C=C(CCC(=O)O)Cc1ccoc1. The van der Waals surface area contributed by atoms with Crippen molar-refractivity contribution in [2.45, 2.75) is 19.3 Å². The molecule has 0 bridgehead atoms. The van der Waals surface area contributed by atoms with E-state index >= 15 is 0 Å². The Morgan fingerprint density at radius 3 is 2.85 bits per heavy atom. The van der Waals surface area contributed by atoms with E-state index in [9.17, 15) is 4.79 Å². The van der Waals surface area contributed by atoms with Crippen molar-refractivity contribution >= 4 is 5.97 Å². The van der Waals surface area contributed by atoms with Crippen LogP contribution in [0.3, 0.4) is 0 Å². The molecule has 0 unspecified atom stereocenters. The quantitative estimate of drug-likeness (QED) is 0.707. The van der Waals surface area contributed by atoms with Crippen molar-refractivity contribution in [3.8, 4) is 0 Å². The maximum atomic E-state index is 10.2. The molecular formula is C10H12O3. The van der Waals surface area contributed by atoms with Crippen LogP contribution < -0.4 is 0 Å². The first kappa shape index (κ1) is 9.58. The van der Waals surface area contributed by atoms with Gasteiger partial charge in [0, 0.05) is 6.42 Å². The molecule has 0 saturated carbocycles. The Labute approximate surface area is 76.7 Å². The first-order valence-corrected chi connectivity index (χ1v) is 4.08. The van der Waals surface area contributed by atoms with E-state index in [1.54, 1.807) is 12.5 Å². The first-order chi connectivity index (χ1) is 6.18. The first-order valence-electron chi connectivity index (χ1n) is 4.08. The Hall–Kier alpha value is -1.51. The van der Waals surface area contributed by atoms with E-state index in [1.807, 2.05) is 6.07 Å². The van der Waals surface area contributed by atoms with Crippen molar-refractivity contribution in [1.82, 2.24) is 0 Å². The van der Waals surface area contributed by atoms with E-state index < -0.39 is 5.97 Å². The second-order valence-electron chi connectivity index (χ2n) is 2.95. The summed E-state index contributed by atoms with van der Waals surface area (Å²) in [6.45, 7) is 3.80. The molecule has 3 heteroatoms. The molecule has 1 aromatic rings. The second kappa shape index (κ2) is 4.50. The van der Waals surface area contributed by atoms with Crippen LogP contribution in [0.15, 0.2) is 35.2 Å². The van der Waals surface area contributed by atoms with Crippen molar-refractivity contribution < 1.29 is 14.3 Å². The minimum absolute atomic E-state index is 0.149. The zero-order valence-electron chi connectivity index (χ0n) is 7.32. The van der Waals surface area contributed by atoms with Gasteiger partial charge in [0.05, 0.1) is 12.5 Å². The minimum Gasteiger partial charge on any atom is -0.481 e. The number of aliphatic carboxylic acids is 1. The lowest BCUT2D eigenvalue weighted by Gasteiger charge is -2.00. The number of allylic oxidation sites excluding steroid dienone is 1. The number of furan rings is 1. The van der Waals surface area contributed by atoms with Crippen molar-refractivity contribution in [2.24, 2.45) is 0 Å². The Kier molecular flexibility index (Phi) is 3.31. The van der Waals surface area contributed by atoms with Crippen LogP contribution in [-0.2, 0) is 11.2 Å². The molecule has 0 radical (unpaired) electrons. The lowest BCUT2D eigenvalue weighted by atomic mass is 10.1. The highest BCUT2D eigenvalue weighted by Crippen LogP contribution is 2.11. The molecule has 0 spiro atoms. The van der Waals surface area contributed by atoms with E-state index in [2.05, 4.69) is 6.58 Å². The van der Waals surface area contributed by atoms with E-state index in [1.165, 1.54) is 0 Å². The maximum Gasteiger partial charge on any atom is 0.303 e. The predicted molar refractivity (Wildman–Crippen MR) is 48.4 cm³/mol. The van der Waals surface area contributed by atoms with Crippen LogP contribution in [0.2, 0.25) is 0 Å². The van der Waals surface area contributed by atoms with Gasteiger partial charge in [0.25, 0.3) is 0 Å². The van der Waals surface area contributed by atoms with Gasteiger partial charge in [-0.3, -0.25) is 4.79 Å². The molecule has 13 heavy (non-hydrogen) atoms. The summed E-state index contributed by atoms with van der Waals surface area (Å²) in [7, 11) is 0. The number of carboxylic acid groups (broad SMARTS) is 1. The molecule has 70 valence electrons. The third-order valence-corrected chi connectivity index (χ3v) is 1.73. The van der Waals surface area contributed by atoms with Gasteiger partial charge < -0.3 is 9.52 Å². The summed E-state index contributed by atoms with van der Waals surface area (Å²) in [4.78, 5) is 10.2. The van der Waals surface area contributed by atoms with Crippen LogP contribution in [0.1, 0.15) is 18.4 Å². The number of rotatable bonds is 5. The third kappa shape index (κ3) is 3.60. The molecule has 0 fully saturated rings. The molecule has 0 atom stereocenters. The number of carbonyl (C=O) groups is 1. The Morgan fingerprint density at radius 2 is 2.31 bits per heavy atom. The summed E-state index contributed by atoms with van der Waals surface area (Å²) in [6.07, 6.45) is 4.62. The van der Waals surface area contributed by atoms with Gasteiger partial charge >= 0.3 is 5.97 Å². The molecule has 0 aliphatic carbocycles. The van der Waals surface area contributed by atoms with Gasteiger partial charge in [-0.15, -0.1) is 0 Å². The Balaban J connectivity index is 2.30. The average Bonchev–Trinajstić information content (AvgIpc) is 2.53. The monoisotopic (exact) mass is 180 g/mol. The van der Waals surface area contributed by atoms with Crippen molar-refractivity contribution in [1.29, 1.82) is 0 Å². The van der Waals surface area contributed by atoms with E-state index in [-0.39, 0.29) is 6.42 Å². The van der Waals surface area contributed by atoms with Crippen LogP contribution in [0, 0.1) is 0 Å². The van der Waals surface area contributed by atoms with Crippen molar-refractivity contribution in [3.63, 3.8) is 0 Å². The molecule has 0 amide bonds. The number of hydrogen-bond acceptors (Lipinski definition) is 2. The molecule has 0 aliphatic heterocycles. The zero-order chi connectivity index (χ0) is 9.68. The highest BCUT2D eigenvalue weighted by Gasteiger charge is 2.01. The normalized spacial score (nSPS) is 9.85. The molecular weight excluding hydrogens is 168 g/mol.